The van der Waals surface area contributed by atoms with Crippen molar-refractivity contribution in [3.63, 3.8) is 0 Å². The monoisotopic (exact) mass is 352 g/mol. The molecule has 0 aromatic rings. The lowest BCUT2D eigenvalue weighted by Crippen LogP contribution is -2.44. The molecule has 0 aliphatic heterocycles. The van der Waals surface area contributed by atoms with E-state index in [0.717, 1.165) is 12.2 Å². The molecule has 0 saturated heterocycles. The zero-order valence-electron chi connectivity index (χ0n) is 14.4. The molecule has 8 heteroatoms. The Labute approximate surface area is 143 Å². The van der Waals surface area contributed by atoms with Gasteiger partial charge in [0.15, 0.2) is 0 Å². The second-order valence-corrected chi connectivity index (χ2v) is 6.95. The number of ether oxygens (including phenoxy) is 2. The molecular weight excluding hydrogens is 320 g/mol. The standard InChI is InChI=1S/C15H32N2O5S/c1-4-12(2)13(19)17-5-6-21-11-22-7-8-23-10-15(3,9-18)14(16)20/h12,14,18,20H,4-11,16H2,1-3H3,(H,17,19). The third-order valence-electron chi connectivity index (χ3n) is 3.65. The van der Waals surface area contributed by atoms with E-state index >= 15 is 0 Å². The summed E-state index contributed by atoms with van der Waals surface area (Å²) in [4.78, 5) is 11.5. The highest BCUT2D eigenvalue weighted by molar-refractivity contribution is 7.99. The zero-order valence-corrected chi connectivity index (χ0v) is 15.2. The highest BCUT2D eigenvalue weighted by atomic mass is 32.2. The largest absolute Gasteiger partial charge is 0.396 e. The minimum absolute atomic E-state index is 0.0277. The number of thioether (sulfide) groups is 1. The van der Waals surface area contributed by atoms with Gasteiger partial charge >= 0.3 is 0 Å². The first-order valence-electron chi connectivity index (χ1n) is 7.92. The molecule has 0 aliphatic carbocycles. The highest BCUT2D eigenvalue weighted by Gasteiger charge is 2.29. The van der Waals surface area contributed by atoms with Gasteiger partial charge in [0, 0.05) is 29.4 Å². The average Bonchev–Trinajstić information content (AvgIpc) is 2.54. The van der Waals surface area contributed by atoms with Crippen LogP contribution in [-0.4, -0.2) is 67.0 Å². The molecule has 0 bridgehead atoms. The van der Waals surface area contributed by atoms with Gasteiger partial charge in [-0.15, -0.1) is 0 Å². The minimum Gasteiger partial charge on any atom is -0.396 e. The molecule has 0 aliphatic rings. The van der Waals surface area contributed by atoms with Crippen molar-refractivity contribution in [1.82, 2.24) is 5.32 Å². The maximum Gasteiger partial charge on any atom is 0.222 e. The Balaban J connectivity index is 3.46. The van der Waals surface area contributed by atoms with E-state index in [4.69, 9.17) is 15.2 Å². The van der Waals surface area contributed by atoms with Gasteiger partial charge in [-0.2, -0.15) is 11.8 Å². The van der Waals surface area contributed by atoms with Gasteiger partial charge in [0.25, 0.3) is 0 Å². The molecule has 0 fully saturated rings. The van der Waals surface area contributed by atoms with E-state index in [1.165, 1.54) is 0 Å². The van der Waals surface area contributed by atoms with Crippen LogP contribution < -0.4 is 11.1 Å². The van der Waals surface area contributed by atoms with Crippen LogP contribution in [0.3, 0.4) is 0 Å². The summed E-state index contributed by atoms with van der Waals surface area (Å²) in [5, 5.41) is 21.4. The SMILES string of the molecule is CCC(C)C(=O)NCCOCOCCSCC(C)(CO)C(N)O. The summed E-state index contributed by atoms with van der Waals surface area (Å²) in [7, 11) is 0. The van der Waals surface area contributed by atoms with Crippen LogP contribution in [0.5, 0.6) is 0 Å². The quantitative estimate of drug-likeness (QED) is 0.260. The number of hydrogen-bond donors (Lipinski definition) is 4. The van der Waals surface area contributed by atoms with Crippen LogP contribution >= 0.6 is 11.8 Å². The zero-order chi connectivity index (χ0) is 17.7. The predicted octanol–water partition coefficient (Wildman–Crippen LogP) is 0.148. The smallest absolute Gasteiger partial charge is 0.222 e. The fourth-order valence-electron chi connectivity index (χ4n) is 1.43. The number of carbonyl (C=O) groups excluding carboxylic acids is 1. The molecule has 3 unspecified atom stereocenters. The summed E-state index contributed by atoms with van der Waals surface area (Å²) in [5.74, 6) is 1.34. The van der Waals surface area contributed by atoms with Gasteiger partial charge in [-0.25, -0.2) is 0 Å². The van der Waals surface area contributed by atoms with Crippen molar-refractivity contribution >= 4 is 17.7 Å². The number of nitrogens with two attached hydrogens (primary N) is 1. The summed E-state index contributed by atoms with van der Waals surface area (Å²) >= 11 is 1.55. The van der Waals surface area contributed by atoms with Gasteiger partial charge in [-0.1, -0.05) is 20.8 Å². The van der Waals surface area contributed by atoms with Crippen molar-refractivity contribution in [3.05, 3.63) is 0 Å². The van der Waals surface area contributed by atoms with E-state index in [0.29, 0.717) is 25.5 Å². The predicted molar refractivity (Wildman–Crippen MR) is 91.9 cm³/mol. The van der Waals surface area contributed by atoms with Crippen LogP contribution in [0.25, 0.3) is 0 Å². The van der Waals surface area contributed by atoms with E-state index in [9.17, 15) is 15.0 Å². The lowest BCUT2D eigenvalue weighted by molar-refractivity contribution is -0.125. The van der Waals surface area contributed by atoms with E-state index in [2.05, 4.69) is 5.32 Å². The van der Waals surface area contributed by atoms with E-state index in [1.54, 1.807) is 18.7 Å². The van der Waals surface area contributed by atoms with Crippen LogP contribution in [0.15, 0.2) is 0 Å². The molecule has 5 N–H and O–H groups in total. The average molecular weight is 352 g/mol. The summed E-state index contributed by atoms with van der Waals surface area (Å²) < 4.78 is 10.6. The molecule has 0 aromatic heterocycles. The molecule has 1 amide bonds. The Hall–Kier alpha value is -0.380. The number of rotatable bonds is 14. The molecular formula is C15H32N2O5S. The lowest BCUT2D eigenvalue weighted by Gasteiger charge is -2.29. The fraction of sp³-hybridized carbons (Fsp3) is 0.933. The second kappa shape index (κ2) is 13.0. The van der Waals surface area contributed by atoms with E-state index in [-0.39, 0.29) is 25.2 Å². The van der Waals surface area contributed by atoms with E-state index < -0.39 is 11.6 Å². The number of nitrogens with one attached hydrogen (secondary N) is 1. The number of carbonyl (C=O) groups is 1. The molecule has 0 radical (unpaired) electrons. The van der Waals surface area contributed by atoms with Gasteiger partial charge in [0.2, 0.25) is 5.91 Å². The van der Waals surface area contributed by atoms with Crippen molar-refractivity contribution in [2.45, 2.75) is 33.4 Å². The maximum atomic E-state index is 11.5. The van der Waals surface area contributed by atoms with Gasteiger partial charge in [-0.05, 0) is 6.42 Å². The van der Waals surface area contributed by atoms with Crippen LogP contribution in [0.1, 0.15) is 27.2 Å². The molecule has 0 spiro atoms. The topological polar surface area (TPSA) is 114 Å². The first-order chi connectivity index (χ1) is 10.9. The summed E-state index contributed by atoms with van der Waals surface area (Å²) in [6.45, 7) is 7.02. The molecule has 0 rings (SSSR count). The molecule has 7 nitrogen and oxygen atoms in total. The first-order valence-corrected chi connectivity index (χ1v) is 9.08. The highest BCUT2D eigenvalue weighted by Crippen LogP contribution is 2.23. The molecule has 3 atom stereocenters. The summed E-state index contributed by atoms with van der Waals surface area (Å²) in [6, 6.07) is 0. The first kappa shape index (κ1) is 22.6. The summed E-state index contributed by atoms with van der Waals surface area (Å²) in [6.07, 6.45) is -0.223. The van der Waals surface area contributed by atoms with Gasteiger partial charge in [-0.3, -0.25) is 4.79 Å². The number of amides is 1. The number of aliphatic hydroxyl groups excluding tert-OH is 2. The van der Waals surface area contributed by atoms with Gasteiger partial charge in [0.05, 0.1) is 19.8 Å². The Morgan fingerprint density at radius 3 is 2.61 bits per heavy atom. The molecule has 138 valence electrons. The van der Waals surface area contributed by atoms with Crippen LogP contribution in [0, 0.1) is 11.3 Å². The van der Waals surface area contributed by atoms with Crippen molar-refractivity contribution in [2.24, 2.45) is 17.1 Å². The molecule has 0 aromatic carbocycles. The molecule has 0 saturated carbocycles. The number of hydrogen-bond acceptors (Lipinski definition) is 7. The number of aliphatic hydroxyl groups is 2. The van der Waals surface area contributed by atoms with Crippen LogP contribution in [0.2, 0.25) is 0 Å². The second-order valence-electron chi connectivity index (χ2n) is 5.84. The van der Waals surface area contributed by atoms with Crippen molar-refractivity contribution in [3.8, 4) is 0 Å². The molecule has 0 heterocycles. The van der Waals surface area contributed by atoms with Crippen molar-refractivity contribution < 1.29 is 24.5 Å². The third-order valence-corrected chi connectivity index (χ3v) is 4.97. The van der Waals surface area contributed by atoms with Crippen LogP contribution in [-0.2, 0) is 14.3 Å². The van der Waals surface area contributed by atoms with Gasteiger partial charge < -0.3 is 30.7 Å². The molecule has 23 heavy (non-hydrogen) atoms. The lowest BCUT2D eigenvalue weighted by atomic mass is 9.93. The summed E-state index contributed by atoms with van der Waals surface area (Å²) in [5.41, 5.74) is 4.74. The maximum absolute atomic E-state index is 11.5. The fourth-order valence-corrected chi connectivity index (χ4v) is 2.54. The van der Waals surface area contributed by atoms with Crippen LogP contribution in [0.4, 0.5) is 0 Å². The van der Waals surface area contributed by atoms with Crippen molar-refractivity contribution in [2.75, 3.05) is 44.7 Å². The Morgan fingerprint density at radius 1 is 1.39 bits per heavy atom. The Morgan fingerprint density at radius 2 is 2.04 bits per heavy atom. The van der Waals surface area contributed by atoms with Crippen molar-refractivity contribution in [1.29, 1.82) is 0 Å². The Kier molecular flexibility index (Phi) is 12.8. The van der Waals surface area contributed by atoms with E-state index in [1.807, 2.05) is 13.8 Å². The Bertz CT molecular complexity index is 320. The normalized spacial score (nSPS) is 16.6. The minimum atomic E-state index is -1.05. The third kappa shape index (κ3) is 10.2. The van der Waals surface area contributed by atoms with Gasteiger partial charge in [0.1, 0.15) is 13.0 Å².